The second kappa shape index (κ2) is 10.7. The van der Waals surface area contributed by atoms with Crippen molar-refractivity contribution in [1.29, 1.82) is 0 Å². The number of carbonyl (C=O) groups is 1. The second-order valence-electron chi connectivity index (χ2n) is 7.34. The molecule has 0 aliphatic rings. The molecule has 0 aliphatic heterocycles. The summed E-state index contributed by atoms with van der Waals surface area (Å²) < 4.78 is 7.39. The lowest BCUT2D eigenvalue weighted by molar-refractivity contribution is -0.113. The van der Waals surface area contributed by atoms with E-state index in [1.54, 1.807) is 30.7 Å². The van der Waals surface area contributed by atoms with Crippen LogP contribution >= 0.6 is 46.3 Å². The Hall–Kier alpha value is -3.11. The van der Waals surface area contributed by atoms with E-state index in [1.807, 2.05) is 47.0 Å². The topological polar surface area (TPSA) is 85.8 Å². The van der Waals surface area contributed by atoms with Crippen molar-refractivity contribution in [1.82, 2.24) is 19.7 Å². The summed E-state index contributed by atoms with van der Waals surface area (Å²) >= 11 is 15.0. The van der Waals surface area contributed by atoms with Gasteiger partial charge in [0.1, 0.15) is 0 Å². The molecule has 0 radical (unpaired) electrons. The zero-order valence-corrected chi connectivity index (χ0v) is 21.2. The number of nitrogens with one attached hydrogen (secondary N) is 1. The van der Waals surface area contributed by atoms with Gasteiger partial charge in [-0.05, 0) is 48.0 Å². The van der Waals surface area contributed by atoms with Crippen LogP contribution in [0.2, 0.25) is 10.0 Å². The number of aromatic nitrogens is 4. The Kier molecular flexibility index (Phi) is 7.19. The van der Waals surface area contributed by atoms with Crippen LogP contribution in [-0.2, 0) is 11.2 Å². The van der Waals surface area contributed by atoms with E-state index in [0.717, 1.165) is 16.1 Å². The minimum Gasteiger partial charge on any atom is -0.461 e. The van der Waals surface area contributed by atoms with E-state index in [-0.39, 0.29) is 11.7 Å². The van der Waals surface area contributed by atoms with Crippen molar-refractivity contribution >= 4 is 57.3 Å². The Balaban J connectivity index is 1.26. The minimum absolute atomic E-state index is 0.137. The van der Waals surface area contributed by atoms with Gasteiger partial charge in [-0.3, -0.25) is 9.36 Å². The fourth-order valence-corrected chi connectivity index (χ4v) is 5.32. The third kappa shape index (κ3) is 5.59. The predicted octanol–water partition coefficient (Wildman–Crippen LogP) is 6.61. The number of benzene rings is 2. The number of hydrogen-bond donors (Lipinski definition) is 1. The third-order valence-electron chi connectivity index (χ3n) is 4.89. The Morgan fingerprint density at radius 3 is 2.74 bits per heavy atom. The van der Waals surface area contributed by atoms with E-state index in [4.69, 9.17) is 27.6 Å². The van der Waals surface area contributed by atoms with Gasteiger partial charge in [0.2, 0.25) is 11.7 Å². The van der Waals surface area contributed by atoms with Crippen molar-refractivity contribution in [2.75, 3.05) is 11.1 Å². The number of para-hydroxylation sites is 1. The number of nitrogens with zero attached hydrogens (tertiary/aromatic N) is 4. The Bertz CT molecular complexity index is 1450. The summed E-state index contributed by atoms with van der Waals surface area (Å²) in [6.07, 6.45) is 3.89. The van der Waals surface area contributed by atoms with E-state index >= 15 is 0 Å². The highest BCUT2D eigenvalue weighted by Crippen LogP contribution is 2.29. The molecule has 0 fully saturated rings. The van der Waals surface area contributed by atoms with E-state index < -0.39 is 0 Å². The number of carbonyl (C=O) groups excluding carboxylic acids is 1. The maximum absolute atomic E-state index is 12.7. The van der Waals surface area contributed by atoms with Crippen LogP contribution in [0, 0.1) is 0 Å². The molecular weight excluding hydrogens is 525 g/mol. The lowest BCUT2D eigenvalue weighted by atomic mass is 10.1. The van der Waals surface area contributed by atoms with Gasteiger partial charge in [0, 0.05) is 33.2 Å². The molecule has 1 N–H and O–H groups in total. The van der Waals surface area contributed by atoms with Gasteiger partial charge in [-0.25, -0.2) is 4.98 Å². The quantitative estimate of drug-likeness (QED) is 0.222. The van der Waals surface area contributed by atoms with Crippen molar-refractivity contribution in [2.45, 2.75) is 11.6 Å². The number of halogens is 2. The second-order valence-corrected chi connectivity index (χ2v) is 10.2. The first-order valence-electron chi connectivity index (χ1n) is 10.4. The molecule has 11 heteroatoms. The van der Waals surface area contributed by atoms with E-state index in [1.165, 1.54) is 23.1 Å². The molecule has 3 aromatic heterocycles. The van der Waals surface area contributed by atoms with Crippen LogP contribution in [0.5, 0.6) is 0 Å². The van der Waals surface area contributed by atoms with Gasteiger partial charge >= 0.3 is 0 Å². The smallest absolute Gasteiger partial charge is 0.236 e. The van der Waals surface area contributed by atoms with Crippen LogP contribution in [-0.4, -0.2) is 31.4 Å². The Morgan fingerprint density at radius 2 is 1.94 bits per heavy atom. The standard InChI is InChI=1S/C24H17Cl2N5O2S2/c25-16-8-9-19(26)15(11-16)12-18-13-27-23(35-18)28-21(32)14-34-24-30-29-22(20-7-4-10-33-20)31(24)17-5-2-1-3-6-17/h1-11,13H,12,14H2,(H,27,28,32). The van der Waals surface area contributed by atoms with Gasteiger partial charge in [-0.15, -0.1) is 21.5 Å². The summed E-state index contributed by atoms with van der Waals surface area (Å²) in [5.41, 5.74) is 1.78. The number of anilines is 1. The molecule has 35 heavy (non-hydrogen) atoms. The normalized spacial score (nSPS) is 11.0. The summed E-state index contributed by atoms with van der Waals surface area (Å²) in [5, 5.41) is 13.8. The van der Waals surface area contributed by atoms with Crippen LogP contribution in [0.4, 0.5) is 5.13 Å². The molecule has 0 spiro atoms. The highest BCUT2D eigenvalue weighted by molar-refractivity contribution is 7.99. The molecule has 2 aromatic carbocycles. The number of hydrogen-bond acceptors (Lipinski definition) is 7. The molecule has 5 rings (SSSR count). The van der Waals surface area contributed by atoms with E-state index in [2.05, 4.69) is 20.5 Å². The van der Waals surface area contributed by atoms with Crippen molar-refractivity contribution in [3.8, 4) is 17.3 Å². The van der Waals surface area contributed by atoms with Gasteiger partial charge in [0.05, 0.1) is 12.0 Å². The summed E-state index contributed by atoms with van der Waals surface area (Å²) in [7, 11) is 0. The number of thiazole rings is 1. The largest absolute Gasteiger partial charge is 0.461 e. The predicted molar refractivity (Wildman–Crippen MR) is 140 cm³/mol. The minimum atomic E-state index is -0.196. The van der Waals surface area contributed by atoms with Gasteiger partial charge in [0.15, 0.2) is 16.0 Å². The fourth-order valence-electron chi connectivity index (χ4n) is 3.34. The third-order valence-corrected chi connectivity index (χ3v) is 7.34. The van der Waals surface area contributed by atoms with Gasteiger partial charge in [-0.2, -0.15) is 0 Å². The monoisotopic (exact) mass is 541 g/mol. The Morgan fingerprint density at radius 1 is 1.09 bits per heavy atom. The van der Waals surface area contributed by atoms with E-state index in [0.29, 0.717) is 38.3 Å². The van der Waals surface area contributed by atoms with Crippen molar-refractivity contribution in [3.05, 3.63) is 93.6 Å². The summed E-state index contributed by atoms with van der Waals surface area (Å²) in [6.45, 7) is 0. The van der Waals surface area contributed by atoms with Gasteiger partial charge in [0.25, 0.3) is 0 Å². The van der Waals surface area contributed by atoms with Crippen molar-refractivity contribution in [2.24, 2.45) is 0 Å². The molecule has 1 amide bonds. The first-order valence-corrected chi connectivity index (χ1v) is 13.0. The van der Waals surface area contributed by atoms with Crippen LogP contribution in [0.25, 0.3) is 17.3 Å². The van der Waals surface area contributed by atoms with Crippen molar-refractivity contribution in [3.63, 3.8) is 0 Å². The lowest BCUT2D eigenvalue weighted by Gasteiger charge is -2.08. The highest BCUT2D eigenvalue weighted by atomic mass is 35.5. The van der Waals surface area contributed by atoms with Gasteiger partial charge in [-0.1, -0.05) is 53.2 Å². The molecule has 7 nitrogen and oxygen atoms in total. The van der Waals surface area contributed by atoms with E-state index in [9.17, 15) is 4.79 Å². The highest BCUT2D eigenvalue weighted by Gasteiger charge is 2.19. The number of furan rings is 1. The number of thioether (sulfide) groups is 1. The SMILES string of the molecule is O=C(CSc1nnc(-c2ccco2)n1-c1ccccc1)Nc1ncc(Cc2cc(Cl)ccc2Cl)s1. The molecule has 5 aromatic rings. The van der Waals surface area contributed by atoms with Crippen LogP contribution in [0.15, 0.2) is 82.7 Å². The first kappa shape index (κ1) is 23.6. The van der Waals surface area contributed by atoms with Crippen LogP contribution < -0.4 is 5.32 Å². The summed E-state index contributed by atoms with van der Waals surface area (Å²) in [5.74, 6) is 1.10. The lowest BCUT2D eigenvalue weighted by Crippen LogP contribution is -2.14. The molecule has 176 valence electrons. The molecular formula is C24H17Cl2N5O2S2. The van der Waals surface area contributed by atoms with Crippen molar-refractivity contribution < 1.29 is 9.21 Å². The molecule has 0 unspecified atom stereocenters. The van der Waals surface area contributed by atoms with Gasteiger partial charge < -0.3 is 9.73 Å². The number of rotatable bonds is 8. The maximum atomic E-state index is 12.7. The molecule has 0 bridgehead atoms. The molecule has 0 saturated heterocycles. The first-order chi connectivity index (χ1) is 17.1. The summed E-state index contributed by atoms with van der Waals surface area (Å²) in [6, 6.07) is 18.7. The molecule has 3 heterocycles. The zero-order valence-electron chi connectivity index (χ0n) is 18.0. The molecule has 0 saturated carbocycles. The molecule has 0 atom stereocenters. The average Bonchev–Trinajstić information content (AvgIpc) is 3.62. The average molecular weight is 542 g/mol. The molecule has 0 aliphatic carbocycles. The summed E-state index contributed by atoms with van der Waals surface area (Å²) in [4.78, 5) is 17.9. The van der Waals surface area contributed by atoms with Crippen LogP contribution in [0.3, 0.4) is 0 Å². The fraction of sp³-hybridized carbons (Fsp3) is 0.0833. The zero-order chi connectivity index (χ0) is 24.2. The Labute approximate surface area is 219 Å². The maximum Gasteiger partial charge on any atom is 0.236 e. The number of amides is 1. The van der Waals surface area contributed by atoms with Crippen LogP contribution in [0.1, 0.15) is 10.4 Å².